The van der Waals surface area contributed by atoms with Crippen molar-refractivity contribution in [1.29, 1.82) is 0 Å². The molecule has 2 aromatic rings. The number of rotatable bonds is 3. The van der Waals surface area contributed by atoms with Gasteiger partial charge < -0.3 is 10.4 Å². The first-order valence-corrected chi connectivity index (χ1v) is 5.35. The molecule has 0 spiro atoms. The Labute approximate surface area is 107 Å². The highest BCUT2D eigenvalue weighted by Gasteiger charge is 2.05. The highest BCUT2D eigenvalue weighted by Crippen LogP contribution is 2.25. The van der Waals surface area contributed by atoms with E-state index in [9.17, 15) is 9.18 Å². The zero-order chi connectivity index (χ0) is 13.1. The van der Waals surface area contributed by atoms with Gasteiger partial charge >= 0.3 is 5.97 Å². The molecule has 0 fully saturated rings. The minimum atomic E-state index is -1.06. The lowest BCUT2D eigenvalue weighted by atomic mass is 10.2. The van der Waals surface area contributed by atoms with E-state index < -0.39 is 11.8 Å². The summed E-state index contributed by atoms with van der Waals surface area (Å²) in [6, 6.07) is 6.77. The third-order valence-corrected chi connectivity index (χ3v) is 2.53. The van der Waals surface area contributed by atoms with E-state index in [1.807, 2.05) is 0 Å². The van der Waals surface area contributed by atoms with Crippen molar-refractivity contribution < 1.29 is 14.3 Å². The number of benzene rings is 1. The van der Waals surface area contributed by atoms with Gasteiger partial charge in [0.1, 0.15) is 11.6 Å². The van der Waals surface area contributed by atoms with E-state index in [0.717, 1.165) is 0 Å². The van der Waals surface area contributed by atoms with Gasteiger partial charge in [-0.1, -0.05) is 11.6 Å². The van der Waals surface area contributed by atoms with Gasteiger partial charge in [0.15, 0.2) is 0 Å². The van der Waals surface area contributed by atoms with Crippen LogP contribution in [0.1, 0.15) is 10.4 Å². The number of hydrogen-bond donors (Lipinski definition) is 2. The van der Waals surface area contributed by atoms with E-state index in [0.29, 0.717) is 16.5 Å². The Balaban J connectivity index is 2.23. The van der Waals surface area contributed by atoms with Crippen molar-refractivity contribution in [3.05, 3.63) is 52.9 Å². The summed E-state index contributed by atoms with van der Waals surface area (Å²) >= 11 is 5.88. The zero-order valence-electron chi connectivity index (χ0n) is 9.02. The molecule has 0 aliphatic carbocycles. The molecule has 1 heterocycles. The van der Waals surface area contributed by atoms with Crippen LogP contribution in [0.3, 0.4) is 0 Å². The molecule has 0 unspecified atom stereocenters. The van der Waals surface area contributed by atoms with Crippen molar-refractivity contribution in [3.8, 4) is 0 Å². The monoisotopic (exact) mass is 266 g/mol. The van der Waals surface area contributed by atoms with E-state index in [2.05, 4.69) is 10.3 Å². The van der Waals surface area contributed by atoms with E-state index in [-0.39, 0.29) is 5.56 Å². The summed E-state index contributed by atoms with van der Waals surface area (Å²) in [4.78, 5) is 14.5. The van der Waals surface area contributed by atoms with Gasteiger partial charge in [0, 0.05) is 6.20 Å². The van der Waals surface area contributed by atoms with Crippen LogP contribution in [0.25, 0.3) is 0 Å². The summed E-state index contributed by atoms with van der Waals surface area (Å²) < 4.78 is 13.0. The molecular formula is C12H8ClFN2O2. The molecular weight excluding hydrogens is 259 g/mol. The molecule has 0 aliphatic rings. The highest BCUT2D eigenvalue weighted by atomic mass is 35.5. The maximum atomic E-state index is 13.0. The molecule has 1 aromatic carbocycles. The Bertz CT molecular complexity index is 587. The molecule has 0 amide bonds. The van der Waals surface area contributed by atoms with Gasteiger partial charge in [-0.3, -0.25) is 0 Å². The lowest BCUT2D eigenvalue weighted by Gasteiger charge is -2.07. The van der Waals surface area contributed by atoms with Gasteiger partial charge in [0.05, 0.1) is 16.3 Å². The number of anilines is 2. The van der Waals surface area contributed by atoms with Crippen molar-refractivity contribution in [2.24, 2.45) is 0 Å². The summed E-state index contributed by atoms with van der Waals surface area (Å²) in [5, 5.41) is 11.9. The normalized spacial score (nSPS) is 10.1. The van der Waals surface area contributed by atoms with Crippen LogP contribution in [0.15, 0.2) is 36.5 Å². The fraction of sp³-hybridized carbons (Fsp3) is 0. The van der Waals surface area contributed by atoms with E-state index in [1.165, 1.54) is 36.5 Å². The molecule has 4 nitrogen and oxygen atoms in total. The van der Waals surface area contributed by atoms with Gasteiger partial charge in [-0.05, 0) is 30.3 Å². The molecule has 0 aliphatic heterocycles. The molecule has 18 heavy (non-hydrogen) atoms. The van der Waals surface area contributed by atoms with Crippen LogP contribution >= 0.6 is 11.6 Å². The highest BCUT2D eigenvalue weighted by molar-refractivity contribution is 6.33. The summed E-state index contributed by atoms with van der Waals surface area (Å²) in [6.45, 7) is 0. The average molecular weight is 267 g/mol. The van der Waals surface area contributed by atoms with Crippen LogP contribution in [-0.2, 0) is 0 Å². The largest absolute Gasteiger partial charge is 0.478 e. The summed E-state index contributed by atoms with van der Waals surface area (Å²) in [5.74, 6) is -1.10. The van der Waals surface area contributed by atoms with E-state index >= 15 is 0 Å². The number of halogens is 2. The number of pyridine rings is 1. The van der Waals surface area contributed by atoms with Gasteiger partial charge in [0.2, 0.25) is 0 Å². The summed E-state index contributed by atoms with van der Waals surface area (Å²) in [5.41, 5.74) is 0.443. The van der Waals surface area contributed by atoms with Crippen molar-refractivity contribution >= 4 is 29.1 Å². The van der Waals surface area contributed by atoms with Crippen LogP contribution in [0, 0.1) is 5.82 Å². The minimum Gasteiger partial charge on any atom is -0.478 e. The van der Waals surface area contributed by atoms with Crippen LogP contribution in [0.4, 0.5) is 15.9 Å². The summed E-state index contributed by atoms with van der Waals surface area (Å²) in [6.07, 6.45) is 1.21. The average Bonchev–Trinajstić information content (AvgIpc) is 2.34. The van der Waals surface area contributed by atoms with Crippen LogP contribution in [0.5, 0.6) is 0 Å². The van der Waals surface area contributed by atoms with E-state index in [4.69, 9.17) is 16.7 Å². The number of aromatic carboxylic acids is 1. The molecule has 0 saturated carbocycles. The van der Waals surface area contributed by atoms with Crippen molar-refractivity contribution in [2.45, 2.75) is 0 Å². The predicted molar refractivity (Wildman–Crippen MR) is 65.9 cm³/mol. The number of aromatic nitrogens is 1. The first-order chi connectivity index (χ1) is 8.56. The van der Waals surface area contributed by atoms with Crippen LogP contribution < -0.4 is 5.32 Å². The van der Waals surface area contributed by atoms with Crippen molar-refractivity contribution in [3.63, 3.8) is 0 Å². The Morgan fingerprint density at radius 3 is 2.72 bits per heavy atom. The third-order valence-electron chi connectivity index (χ3n) is 2.20. The van der Waals surface area contributed by atoms with Crippen molar-refractivity contribution in [2.75, 3.05) is 5.32 Å². The second kappa shape index (κ2) is 5.01. The fourth-order valence-electron chi connectivity index (χ4n) is 1.33. The minimum absolute atomic E-state index is 0.0749. The molecule has 0 atom stereocenters. The smallest absolute Gasteiger partial charge is 0.337 e. The number of hydrogen-bond acceptors (Lipinski definition) is 3. The third kappa shape index (κ3) is 2.75. The second-order valence-corrected chi connectivity index (χ2v) is 3.89. The maximum Gasteiger partial charge on any atom is 0.337 e. The first kappa shape index (κ1) is 12.3. The van der Waals surface area contributed by atoms with Gasteiger partial charge in [-0.25, -0.2) is 14.2 Å². The number of nitrogens with zero attached hydrogens (tertiary/aromatic N) is 1. The first-order valence-electron chi connectivity index (χ1n) is 4.97. The van der Waals surface area contributed by atoms with Gasteiger partial charge in [-0.15, -0.1) is 0 Å². The molecule has 0 saturated heterocycles. The molecule has 1 aromatic heterocycles. The lowest BCUT2D eigenvalue weighted by molar-refractivity contribution is 0.0696. The zero-order valence-corrected chi connectivity index (χ0v) is 9.78. The molecule has 2 N–H and O–H groups in total. The Hall–Kier alpha value is -2.14. The molecule has 92 valence electrons. The van der Waals surface area contributed by atoms with Crippen LogP contribution in [0.2, 0.25) is 5.02 Å². The molecule has 2 rings (SSSR count). The molecule has 6 heteroatoms. The Kier molecular flexibility index (Phi) is 3.43. The molecule has 0 bridgehead atoms. The van der Waals surface area contributed by atoms with Crippen molar-refractivity contribution in [1.82, 2.24) is 4.98 Å². The Morgan fingerprint density at radius 2 is 2.11 bits per heavy atom. The second-order valence-electron chi connectivity index (χ2n) is 3.49. The lowest BCUT2D eigenvalue weighted by Crippen LogP contribution is -1.99. The quantitative estimate of drug-likeness (QED) is 0.895. The van der Waals surface area contributed by atoms with Crippen LogP contribution in [-0.4, -0.2) is 16.1 Å². The van der Waals surface area contributed by atoms with Gasteiger partial charge in [-0.2, -0.15) is 0 Å². The standard InChI is InChI=1S/C12H8ClFN2O2/c13-9-3-2-8(14)5-10(9)16-11-4-1-7(6-15-11)12(17)18/h1-6H,(H,15,16)(H,17,18). The number of carboxylic acid groups (broad SMARTS) is 1. The summed E-state index contributed by atoms with van der Waals surface area (Å²) in [7, 11) is 0. The van der Waals surface area contributed by atoms with E-state index in [1.54, 1.807) is 0 Å². The predicted octanol–water partition coefficient (Wildman–Crippen LogP) is 3.32. The number of carbonyl (C=O) groups is 1. The fourth-order valence-corrected chi connectivity index (χ4v) is 1.49. The molecule has 0 radical (unpaired) electrons. The van der Waals surface area contributed by atoms with Gasteiger partial charge in [0.25, 0.3) is 0 Å². The SMILES string of the molecule is O=C(O)c1ccc(Nc2cc(F)ccc2Cl)nc1. The number of carboxylic acids is 1. The maximum absolute atomic E-state index is 13.0. The topological polar surface area (TPSA) is 62.2 Å². The Morgan fingerprint density at radius 1 is 1.33 bits per heavy atom. The number of nitrogens with one attached hydrogen (secondary N) is 1.